The molecule has 0 bridgehead atoms. The number of carbonyl (C=O) groups excluding carboxylic acids is 2. The molecule has 0 aromatic heterocycles. The van der Waals surface area contributed by atoms with Gasteiger partial charge in [-0.15, -0.1) is 0 Å². The Kier molecular flexibility index (Phi) is 11.5. The molecule has 0 aliphatic carbocycles. The summed E-state index contributed by atoms with van der Waals surface area (Å²) >= 11 is 0. The van der Waals surface area contributed by atoms with E-state index >= 15 is 0 Å². The van der Waals surface area contributed by atoms with Gasteiger partial charge in [-0.1, -0.05) is 87.4 Å². The van der Waals surface area contributed by atoms with E-state index < -0.39 is 28.5 Å². The van der Waals surface area contributed by atoms with Crippen molar-refractivity contribution in [3.63, 3.8) is 0 Å². The van der Waals surface area contributed by atoms with Crippen LogP contribution in [0.5, 0.6) is 0 Å². The van der Waals surface area contributed by atoms with Gasteiger partial charge in [0.2, 0.25) is 11.8 Å². The molecular weight excluding hydrogens is 534 g/mol. The zero-order valence-electron chi connectivity index (χ0n) is 24.9. The van der Waals surface area contributed by atoms with Crippen LogP contribution < -0.4 is 9.62 Å². The summed E-state index contributed by atoms with van der Waals surface area (Å²) in [5.74, 6) is -0.669. The lowest BCUT2D eigenvalue weighted by atomic mass is 10.1. The van der Waals surface area contributed by atoms with E-state index in [1.807, 2.05) is 64.1 Å². The van der Waals surface area contributed by atoms with Crippen LogP contribution in [0.25, 0.3) is 0 Å². The molecule has 3 aromatic carbocycles. The zero-order valence-corrected chi connectivity index (χ0v) is 25.7. The van der Waals surface area contributed by atoms with E-state index in [0.29, 0.717) is 25.1 Å². The minimum absolute atomic E-state index is 0.108. The summed E-state index contributed by atoms with van der Waals surface area (Å²) in [6, 6.07) is 20.9. The number of hydrogen-bond donors (Lipinski definition) is 1. The number of unbranched alkanes of at least 4 members (excludes halogenated alkanes) is 1. The standard InChI is InChI=1S/C33H43N3O4S/c1-6-9-22-34-33(38)30(8-3)35(23-28-16-11-10-14-26(28)5)32(37)24-36(31-17-13-12-15-27(31)7-2)41(39,40)29-20-18-25(4)19-21-29/h10-21,30H,6-9,22-24H2,1-5H3,(H,34,38). The van der Waals surface area contributed by atoms with Crippen molar-refractivity contribution in [2.24, 2.45) is 0 Å². The van der Waals surface area contributed by atoms with E-state index in [0.717, 1.165) is 35.1 Å². The maximum atomic E-state index is 14.2. The first-order chi connectivity index (χ1) is 19.6. The Balaban J connectivity index is 2.08. The number of nitrogens with one attached hydrogen (secondary N) is 1. The van der Waals surface area contributed by atoms with Gasteiger partial charge in [0.15, 0.2) is 0 Å². The van der Waals surface area contributed by atoms with E-state index in [9.17, 15) is 18.0 Å². The second kappa shape index (κ2) is 14.8. The molecule has 41 heavy (non-hydrogen) atoms. The van der Waals surface area contributed by atoms with Crippen LogP contribution in [0.1, 0.15) is 62.3 Å². The lowest BCUT2D eigenvalue weighted by molar-refractivity contribution is -0.140. The van der Waals surface area contributed by atoms with Crippen LogP contribution in [0, 0.1) is 13.8 Å². The fraction of sp³-hybridized carbons (Fsp3) is 0.394. The highest BCUT2D eigenvalue weighted by atomic mass is 32.2. The van der Waals surface area contributed by atoms with Gasteiger partial charge in [0.25, 0.3) is 10.0 Å². The van der Waals surface area contributed by atoms with Gasteiger partial charge in [-0.25, -0.2) is 8.42 Å². The number of hydrogen-bond acceptors (Lipinski definition) is 4. The summed E-state index contributed by atoms with van der Waals surface area (Å²) in [5, 5.41) is 2.97. The summed E-state index contributed by atoms with van der Waals surface area (Å²) in [6.07, 6.45) is 2.76. The van der Waals surface area contributed by atoms with Crippen LogP contribution in [0.4, 0.5) is 5.69 Å². The van der Waals surface area contributed by atoms with Crippen molar-refractivity contribution in [1.29, 1.82) is 0 Å². The van der Waals surface area contributed by atoms with Crippen LogP contribution in [0.2, 0.25) is 0 Å². The Hall–Kier alpha value is -3.65. The van der Waals surface area contributed by atoms with Crippen LogP contribution in [0.15, 0.2) is 77.7 Å². The largest absolute Gasteiger partial charge is 0.354 e. The van der Waals surface area contributed by atoms with Crippen molar-refractivity contribution in [1.82, 2.24) is 10.2 Å². The third kappa shape index (κ3) is 7.97. The minimum Gasteiger partial charge on any atom is -0.354 e. The second-order valence-electron chi connectivity index (χ2n) is 10.3. The number of aryl methyl sites for hydroxylation is 3. The van der Waals surface area contributed by atoms with Gasteiger partial charge in [-0.2, -0.15) is 0 Å². The smallest absolute Gasteiger partial charge is 0.264 e. The van der Waals surface area contributed by atoms with Crippen molar-refractivity contribution in [3.05, 3.63) is 95.1 Å². The molecule has 0 saturated carbocycles. The van der Waals surface area contributed by atoms with Crippen molar-refractivity contribution >= 4 is 27.5 Å². The molecule has 220 valence electrons. The highest BCUT2D eigenvalue weighted by Gasteiger charge is 2.34. The van der Waals surface area contributed by atoms with Gasteiger partial charge in [0.05, 0.1) is 10.6 Å². The SMILES string of the molecule is CCCCNC(=O)C(CC)N(Cc1ccccc1C)C(=O)CN(c1ccccc1CC)S(=O)(=O)c1ccc(C)cc1. The number of anilines is 1. The molecule has 8 heteroatoms. The lowest BCUT2D eigenvalue weighted by Gasteiger charge is -2.34. The van der Waals surface area contributed by atoms with E-state index in [1.54, 1.807) is 36.4 Å². The molecule has 1 atom stereocenters. The fourth-order valence-corrected chi connectivity index (χ4v) is 6.25. The van der Waals surface area contributed by atoms with Crippen molar-refractivity contribution in [2.45, 2.75) is 77.8 Å². The fourth-order valence-electron chi connectivity index (χ4n) is 4.80. The number of sulfonamides is 1. The molecule has 0 saturated heterocycles. The van der Waals surface area contributed by atoms with E-state index in [4.69, 9.17) is 0 Å². The van der Waals surface area contributed by atoms with Crippen molar-refractivity contribution < 1.29 is 18.0 Å². The predicted molar refractivity (Wildman–Crippen MR) is 165 cm³/mol. The first kappa shape index (κ1) is 31.9. The summed E-state index contributed by atoms with van der Waals surface area (Å²) in [5.41, 5.74) is 4.10. The van der Waals surface area contributed by atoms with Gasteiger partial charge in [0, 0.05) is 13.1 Å². The summed E-state index contributed by atoms with van der Waals surface area (Å²) in [7, 11) is -4.10. The molecular formula is C33H43N3O4S. The van der Waals surface area contributed by atoms with Crippen LogP contribution in [0.3, 0.4) is 0 Å². The monoisotopic (exact) mass is 577 g/mol. The van der Waals surface area contributed by atoms with Gasteiger partial charge in [0.1, 0.15) is 12.6 Å². The summed E-state index contributed by atoms with van der Waals surface area (Å²) < 4.78 is 29.4. The lowest BCUT2D eigenvalue weighted by Crippen LogP contribution is -2.52. The van der Waals surface area contributed by atoms with E-state index in [1.165, 1.54) is 9.21 Å². The molecule has 3 aromatic rings. The van der Waals surface area contributed by atoms with Gasteiger partial charge in [-0.3, -0.25) is 13.9 Å². The maximum Gasteiger partial charge on any atom is 0.264 e. The Morgan fingerprint density at radius 3 is 2.10 bits per heavy atom. The molecule has 0 aliphatic rings. The van der Waals surface area contributed by atoms with E-state index in [-0.39, 0.29) is 17.3 Å². The second-order valence-corrected chi connectivity index (χ2v) is 12.2. The quantitative estimate of drug-likeness (QED) is 0.246. The van der Waals surface area contributed by atoms with Gasteiger partial charge in [-0.05, 0) is 68.0 Å². The number of rotatable bonds is 14. The van der Waals surface area contributed by atoms with Crippen molar-refractivity contribution in [2.75, 3.05) is 17.4 Å². The Labute approximate surface area is 245 Å². The van der Waals surface area contributed by atoms with Crippen LogP contribution in [-0.4, -0.2) is 44.3 Å². The van der Waals surface area contributed by atoms with E-state index in [2.05, 4.69) is 12.2 Å². The first-order valence-electron chi connectivity index (χ1n) is 14.4. The molecule has 0 radical (unpaired) electrons. The number of benzene rings is 3. The molecule has 0 aliphatic heterocycles. The Morgan fingerprint density at radius 1 is 0.854 bits per heavy atom. The zero-order chi connectivity index (χ0) is 30.0. The highest BCUT2D eigenvalue weighted by Crippen LogP contribution is 2.28. The molecule has 1 unspecified atom stereocenters. The Bertz CT molecular complexity index is 1420. The topological polar surface area (TPSA) is 86.8 Å². The molecule has 0 heterocycles. The Morgan fingerprint density at radius 2 is 1.49 bits per heavy atom. The maximum absolute atomic E-state index is 14.2. The molecule has 2 amide bonds. The minimum atomic E-state index is -4.10. The number of carbonyl (C=O) groups is 2. The normalized spacial score (nSPS) is 12.0. The summed E-state index contributed by atoms with van der Waals surface area (Å²) in [6.45, 7) is 10.0. The van der Waals surface area contributed by atoms with Gasteiger partial charge < -0.3 is 10.2 Å². The number of para-hydroxylation sites is 1. The van der Waals surface area contributed by atoms with Crippen LogP contribution in [-0.2, 0) is 32.6 Å². The molecule has 1 N–H and O–H groups in total. The average molecular weight is 578 g/mol. The highest BCUT2D eigenvalue weighted by molar-refractivity contribution is 7.92. The van der Waals surface area contributed by atoms with Gasteiger partial charge >= 0.3 is 0 Å². The van der Waals surface area contributed by atoms with Crippen LogP contribution >= 0.6 is 0 Å². The third-order valence-electron chi connectivity index (χ3n) is 7.35. The average Bonchev–Trinajstić information content (AvgIpc) is 2.97. The predicted octanol–water partition coefficient (Wildman–Crippen LogP) is 5.78. The first-order valence-corrected chi connectivity index (χ1v) is 15.9. The number of amides is 2. The summed E-state index contributed by atoms with van der Waals surface area (Å²) in [4.78, 5) is 29.2. The number of nitrogens with zero attached hydrogens (tertiary/aromatic N) is 2. The third-order valence-corrected chi connectivity index (χ3v) is 9.12. The molecule has 3 rings (SSSR count). The molecule has 0 spiro atoms. The van der Waals surface area contributed by atoms with Crippen molar-refractivity contribution in [3.8, 4) is 0 Å². The molecule has 0 fully saturated rings. The molecule has 7 nitrogen and oxygen atoms in total.